The fraction of sp³-hybridized carbons (Fsp3) is 0.238. The Labute approximate surface area is 167 Å². The molecule has 0 spiro atoms. The molecule has 8 heteroatoms. The van der Waals surface area contributed by atoms with Gasteiger partial charge in [-0.15, -0.1) is 0 Å². The minimum atomic E-state index is -0.515. The molecule has 1 heterocycles. The number of aromatic nitrogens is 2. The van der Waals surface area contributed by atoms with Crippen molar-refractivity contribution < 1.29 is 14.3 Å². The first kappa shape index (κ1) is 20.1. The molecule has 3 rings (SSSR count). The molecule has 29 heavy (non-hydrogen) atoms. The van der Waals surface area contributed by atoms with E-state index in [1.807, 2.05) is 19.9 Å². The van der Waals surface area contributed by atoms with Crippen LogP contribution in [0.2, 0.25) is 0 Å². The smallest absolute Gasteiger partial charge is 0.349 e. The van der Waals surface area contributed by atoms with Gasteiger partial charge in [0.1, 0.15) is 5.82 Å². The lowest BCUT2D eigenvalue weighted by Gasteiger charge is -2.18. The van der Waals surface area contributed by atoms with Crippen LogP contribution in [0.5, 0.6) is 0 Å². The standard InChI is InChI=1S/C21H22N4O4/c1-4-29-19(26)14-9-11-15(12-10-14)22-20(27)24-18-16-7-5-6-8-17(16)23-21(28)25(18)13(2)3/h5-13H,4H2,1-3H3,(H2,22,24,27). The van der Waals surface area contributed by atoms with Crippen molar-refractivity contribution in [1.29, 1.82) is 0 Å². The zero-order chi connectivity index (χ0) is 21.0. The van der Waals surface area contributed by atoms with Gasteiger partial charge in [-0.3, -0.25) is 9.88 Å². The average Bonchev–Trinajstić information content (AvgIpc) is 2.68. The lowest BCUT2D eigenvalue weighted by Crippen LogP contribution is -2.30. The van der Waals surface area contributed by atoms with Crippen molar-refractivity contribution in [3.8, 4) is 0 Å². The SMILES string of the molecule is CCOC(=O)c1ccc(NC(=O)Nc2c3ccccc3nc(=O)n2C(C)C)cc1. The van der Waals surface area contributed by atoms with E-state index in [1.54, 1.807) is 49.4 Å². The number of hydrogen-bond donors (Lipinski definition) is 2. The Hall–Kier alpha value is -3.68. The fourth-order valence-corrected chi connectivity index (χ4v) is 2.93. The number of rotatable bonds is 5. The van der Waals surface area contributed by atoms with Crippen molar-refractivity contribution in [1.82, 2.24) is 9.55 Å². The van der Waals surface area contributed by atoms with Gasteiger partial charge in [-0.25, -0.2) is 14.4 Å². The van der Waals surface area contributed by atoms with Crippen LogP contribution in [0.1, 0.15) is 37.2 Å². The molecule has 2 amide bonds. The van der Waals surface area contributed by atoms with E-state index in [0.29, 0.717) is 34.6 Å². The second-order valence-corrected chi connectivity index (χ2v) is 6.60. The molecule has 0 aliphatic carbocycles. The van der Waals surface area contributed by atoms with Crippen molar-refractivity contribution in [3.05, 3.63) is 64.6 Å². The Morgan fingerprint density at radius 1 is 1.07 bits per heavy atom. The number of nitrogens with zero attached hydrogens (tertiary/aromatic N) is 2. The summed E-state index contributed by atoms with van der Waals surface area (Å²) in [6, 6.07) is 12.7. The van der Waals surface area contributed by atoms with Crippen molar-refractivity contribution in [2.24, 2.45) is 0 Å². The maximum Gasteiger partial charge on any atom is 0.349 e. The summed E-state index contributed by atoms with van der Waals surface area (Å²) in [5.74, 6) is -0.0519. The number of para-hydroxylation sites is 1. The Bertz CT molecular complexity index is 1100. The van der Waals surface area contributed by atoms with Gasteiger partial charge >= 0.3 is 17.7 Å². The second-order valence-electron chi connectivity index (χ2n) is 6.60. The number of fused-ring (bicyclic) bond motifs is 1. The third kappa shape index (κ3) is 4.43. The van der Waals surface area contributed by atoms with E-state index in [0.717, 1.165) is 0 Å². The average molecular weight is 394 g/mol. The molecule has 0 bridgehead atoms. The third-order valence-electron chi connectivity index (χ3n) is 4.22. The summed E-state index contributed by atoms with van der Waals surface area (Å²) in [6.45, 7) is 5.71. The number of nitrogens with one attached hydrogen (secondary N) is 2. The number of carbonyl (C=O) groups is 2. The third-order valence-corrected chi connectivity index (χ3v) is 4.22. The molecule has 0 aliphatic heterocycles. The number of hydrogen-bond acceptors (Lipinski definition) is 5. The maximum absolute atomic E-state index is 12.6. The van der Waals surface area contributed by atoms with Gasteiger partial charge < -0.3 is 10.1 Å². The van der Waals surface area contributed by atoms with E-state index in [-0.39, 0.29) is 6.04 Å². The monoisotopic (exact) mass is 394 g/mol. The van der Waals surface area contributed by atoms with Crippen LogP contribution in [0.3, 0.4) is 0 Å². The first-order valence-corrected chi connectivity index (χ1v) is 9.27. The van der Waals surface area contributed by atoms with Crippen molar-refractivity contribution >= 4 is 34.4 Å². The molecular weight excluding hydrogens is 372 g/mol. The van der Waals surface area contributed by atoms with E-state index in [4.69, 9.17) is 4.74 Å². The summed E-state index contributed by atoms with van der Waals surface area (Å²) in [6.07, 6.45) is 0. The normalized spacial score (nSPS) is 10.8. The van der Waals surface area contributed by atoms with E-state index >= 15 is 0 Å². The van der Waals surface area contributed by atoms with Crippen LogP contribution in [0.4, 0.5) is 16.3 Å². The van der Waals surface area contributed by atoms with Gasteiger partial charge in [-0.1, -0.05) is 12.1 Å². The number of benzene rings is 2. The Morgan fingerprint density at radius 2 is 1.76 bits per heavy atom. The summed E-state index contributed by atoms with van der Waals surface area (Å²) < 4.78 is 6.37. The van der Waals surface area contributed by atoms with Crippen LogP contribution in [0, 0.1) is 0 Å². The minimum absolute atomic E-state index is 0.196. The highest BCUT2D eigenvalue weighted by Crippen LogP contribution is 2.23. The van der Waals surface area contributed by atoms with Crippen LogP contribution in [0.25, 0.3) is 10.9 Å². The molecule has 0 unspecified atom stereocenters. The first-order chi connectivity index (χ1) is 13.9. The Kier molecular flexibility index (Phi) is 5.92. The van der Waals surface area contributed by atoms with Gasteiger partial charge in [0.05, 0.1) is 17.7 Å². The van der Waals surface area contributed by atoms with Crippen LogP contribution >= 0.6 is 0 Å². The molecule has 0 saturated heterocycles. The summed E-state index contributed by atoms with van der Waals surface area (Å²) in [5.41, 5.74) is 0.954. The van der Waals surface area contributed by atoms with E-state index in [9.17, 15) is 14.4 Å². The Morgan fingerprint density at radius 3 is 2.41 bits per heavy atom. The van der Waals surface area contributed by atoms with Gasteiger partial charge in [0.2, 0.25) is 0 Å². The van der Waals surface area contributed by atoms with Gasteiger partial charge in [-0.2, -0.15) is 4.98 Å². The summed E-state index contributed by atoms with van der Waals surface area (Å²) in [5, 5.41) is 6.12. The minimum Gasteiger partial charge on any atom is -0.462 e. The predicted molar refractivity (Wildman–Crippen MR) is 111 cm³/mol. The number of urea groups is 1. The van der Waals surface area contributed by atoms with Crippen molar-refractivity contribution in [3.63, 3.8) is 0 Å². The highest BCUT2D eigenvalue weighted by atomic mass is 16.5. The predicted octanol–water partition coefficient (Wildman–Crippen LogP) is 3.80. The topological polar surface area (TPSA) is 102 Å². The number of ether oxygens (including phenoxy) is 1. The highest BCUT2D eigenvalue weighted by Gasteiger charge is 2.16. The molecule has 3 aromatic rings. The summed E-state index contributed by atoms with van der Waals surface area (Å²) in [7, 11) is 0. The van der Waals surface area contributed by atoms with Crippen LogP contribution in [0.15, 0.2) is 53.3 Å². The molecule has 0 aliphatic rings. The molecule has 150 valence electrons. The largest absolute Gasteiger partial charge is 0.462 e. The number of carbonyl (C=O) groups excluding carboxylic acids is 2. The number of esters is 1. The number of anilines is 2. The first-order valence-electron chi connectivity index (χ1n) is 9.27. The molecule has 1 aromatic heterocycles. The maximum atomic E-state index is 12.6. The van der Waals surface area contributed by atoms with Crippen LogP contribution < -0.4 is 16.3 Å². The molecule has 0 radical (unpaired) electrons. The lowest BCUT2D eigenvalue weighted by atomic mass is 10.2. The fourth-order valence-electron chi connectivity index (χ4n) is 2.93. The zero-order valence-corrected chi connectivity index (χ0v) is 16.4. The molecule has 8 nitrogen and oxygen atoms in total. The quantitative estimate of drug-likeness (QED) is 0.641. The lowest BCUT2D eigenvalue weighted by molar-refractivity contribution is 0.0526. The molecule has 0 atom stereocenters. The van der Waals surface area contributed by atoms with Crippen molar-refractivity contribution in [2.75, 3.05) is 17.2 Å². The van der Waals surface area contributed by atoms with Crippen LogP contribution in [-0.4, -0.2) is 28.2 Å². The van der Waals surface area contributed by atoms with E-state index in [2.05, 4.69) is 15.6 Å². The van der Waals surface area contributed by atoms with Gasteiger partial charge in [0.25, 0.3) is 0 Å². The van der Waals surface area contributed by atoms with Crippen molar-refractivity contribution in [2.45, 2.75) is 26.8 Å². The van der Waals surface area contributed by atoms with Crippen LogP contribution in [-0.2, 0) is 4.74 Å². The molecule has 0 saturated carbocycles. The molecule has 2 aromatic carbocycles. The number of amides is 2. The molecule has 0 fully saturated rings. The Balaban J connectivity index is 1.86. The summed E-state index contributed by atoms with van der Waals surface area (Å²) >= 11 is 0. The highest BCUT2D eigenvalue weighted by molar-refractivity contribution is 6.04. The van der Waals surface area contributed by atoms with Gasteiger partial charge in [0, 0.05) is 17.1 Å². The van der Waals surface area contributed by atoms with Gasteiger partial charge in [0.15, 0.2) is 0 Å². The molecule has 2 N–H and O–H groups in total. The van der Waals surface area contributed by atoms with E-state index < -0.39 is 17.7 Å². The summed E-state index contributed by atoms with van der Waals surface area (Å²) in [4.78, 5) is 40.8. The second kappa shape index (κ2) is 8.55. The van der Waals surface area contributed by atoms with E-state index in [1.165, 1.54) is 4.57 Å². The molecular formula is C21H22N4O4. The zero-order valence-electron chi connectivity index (χ0n) is 16.4. The van der Waals surface area contributed by atoms with Gasteiger partial charge in [-0.05, 0) is 57.2 Å².